The molecule has 2 aromatic carbocycles. The number of piperidine rings is 2. The first-order valence-electron chi connectivity index (χ1n) is 15.9. The second-order valence-corrected chi connectivity index (χ2v) is 13.4. The monoisotopic (exact) mass is 603 g/mol. The van der Waals surface area contributed by atoms with Crippen LogP contribution in [-0.4, -0.2) is 77.6 Å². The maximum absolute atomic E-state index is 13.3. The first kappa shape index (κ1) is 29.8. The lowest BCUT2D eigenvalue weighted by molar-refractivity contribution is -0.137. The number of carbonyl (C=O) groups excluding carboxylic acids is 2. The summed E-state index contributed by atoms with van der Waals surface area (Å²) < 4.78 is 6.02. The largest absolute Gasteiger partial charge is 0.441 e. The fourth-order valence-corrected chi connectivity index (χ4v) is 7.55. The van der Waals surface area contributed by atoms with Crippen LogP contribution < -0.4 is 5.32 Å². The van der Waals surface area contributed by atoms with E-state index in [1.54, 1.807) is 0 Å². The third-order valence-corrected chi connectivity index (χ3v) is 10.3. The van der Waals surface area contributed by atoms with Gasteiger partial charge in [-0.3, -0.25) is 9.69 Å². The summed E-state index contributed by atoms with van der Waals surface area (Å²) in [6.45, 7) is 5.60. The summed E-state index contributed by atoms with van der Waals surface area (Å²) in [6, 6.07) is 18.1. The van der Waals surface area contributed by atoms with Crippen molar-refractivity contribution in [2.75, 3.05) is 44.6 Å². The molecule has 2 aromatic rings. The summed E-state index contributed by atoms with van der Waals surface area (Å²) >= 11 is 6.31. The Morgan fingerprint density at radius 1 is 0.977 bits per heavy atom. The van der Waals surface area contributed by atoms with Crippen LogP contribution in [0.1, 0.15) is 62.5 Å². The molecule has 0 unspecified atom stereocenters. The van der Waals surface area contributed by atoms with Gasteiger partial charge in [-0.15, -0.1) is 0 Å². The number of anilines is 1. The number of hydrogen-bond acceptors (Lipinski definition) is 6. The third kappa shape index (κ3) is 7.11. The molecule has 43 heavy (non-hydrogen) atoms. The van der Waals surface area contributed by atoms with Crippen LogP contribution in [0.5, 0.6) is 0 Å². The van der Waals surface area contributed by atoms with Crippen LogP contribution in [0.15, 0.2) is 48.5 Å². The van der Waals surface area contributed by atoms with Crippen molar-refractivity contribution in [3.8, 4) is 6.07 Å². The number of nitrogens with zero attached hydrogens (tertiary/aromatic N) is 4. The number of amides is 2. The molecule has 9 heteroatoms. The summed E-state index contributed by atoms with van der Waals surface area (Å²) in [7, 11) is 0. The Morgan fingerprint density at radius 3 is 2.35 bits per heavy atom. The zero-order valence-corrected chi connectivity index (χ0v) is 25.6. The van der Waals surface area contributed by atoms with Gasteiger partial charge in [0.15, 0.2) is 0 Å². The molecule has 4 fully saturated rings. The van der Waals surface area contributed by atoms with Crippen LogP contribution in [0, 0.1) is 23.2 Å². The number of hydrogen-bond donors (Lipinski definition) is 1. The Kier molecular flexibility index (Phi) is 9.11. The standard InChI is InChI=1S/C34H42ClN5O3/c35-30-3-1-2-4-31(30)37-29-13-17-39(18-14-29)32(41)28-11-9-27(10-12-28)23-40-24-34(43-33(40)42)15-19-38(20-16-34)22-26-7-5-25(21-36)6-8-26/h1-8,27-29,37H,9-20,22-24H2. The molecule has 3 aliphatic heterocycles. The van der Waals surface area contributed by atoms with Crippen LogP contribution in [0.25, 0.3) is 0 Å². The average molecular weight is 604 g/mol. The highest BCUT2D eigenvalue weighted by atomic mass is 35.5. The van der Waals surface area contributed by atoms with Crippen molar-refractivity contribution >= 4 is 29.3 Å². The number of carbonyl (C=O) groups is 2. The Labute approximate surface area is 259 Å². The van der Waals surface area contributed by atoms with Crippen molar-refractivity contribution in [2.24, 2.45) is 11.8 Å². The zero-order chi connectivity index (χ0) is 29.8. The topological polar surface area (TPSA) is 88.9 Å². The third-order valence-electron chi connectivity index (χ3n) is 10.0. The molecule has 4 aliphatic rings. The first-order valence-corrected chi connectivity index (χ1v) is 16.3. The zero-order valence-electron chi connectivity index (χ0n) is 24.8. The Hall–Kier alpha value is -3.28. The summed E-state index contributed by atoms with van der Waals surface area (Å²) in [6.07, 6.45) is 7.14. The number of likely N-dealkylation sites (tertiary alicyclic amines) is 2. The van der Waals surface area contributed by atoms with Gasteiger partial charge in [-0.2, -0.15) is 5.26 Å². The maximum Gasteiger partial charge on any atom is 0.410 e. The molecule has 3 saturated heterocycles. The minimum atomic E-state index is -0.377. The molecule has 2 amide bonds. The molecule has 1 aliphatic carbocycles. The van der Waals surface area contributed by atoms with Crippen molar-refractivity contribution in [3.63, 3.8) is 0 Å². The molecular weight excluding hydrogens is 562 g/mol. The number of ether oxygens (including phenoxy) is 1. The van der Waals surface area contributed by atoms with Crippen LogP contribution in [0.4, 0.5) is 10.5 Å². The average Bonchev–Trinajstić information content (AvgIpc) is 3.34. The molecular formula is C34H42ClN5O3. The number of benzene rings is 2. The molecule has 1 spiro atoms. The van der Waals surface area contributed by atoms with E-state index >= 15 is 0 Å². The van der Waals surface area contributed by atoms with Gasteiger partial charge >= 0.3 is 6.09 Å². The van der Waals surface area contributed by atoms with Gasteiger partial charge in [-0.25, -0.2) is 4.79 Å². The fraction of sp³-hybridized carbons (Fsp3) is 0.559. The Balaban J connectivity index is 0.912. The van der Waals surface area contributed by atoms with Crippen LogP contribution in [-0.2, 0) is 16.1 Å². The smallest absolute Gasteiger partial charge is 0.410 e. The summed E-state index contributed by atoms with van der Waals surface area (Å²) in [5, 5.41) is 13.3. The maximum atomic E-state index is 13.3. The van der Waals surface area contributed by atoms with Crippen LogP contribution >= 0.6 is 11.6 Å². The van der Waals surface area contributed by atoms with Crippen LogP contribution in [0.2, 0.25) is 5.02 Å². The first-order chi connectivity index (χ1) is 20.9. The predicted molar refractivity (Wildman–Crippen MR) is 167 cm³/mol. The number of nitrogens with one attached hydrogen (secondary N) is 1. The van der Waals surface area contributed by atoms with Gasteiger partial charge in [0.2, 0.25) is 5.91 Å². The number of para-hydroxylation sites is 1. The van der Waals surface area contributed by atoms with E-state index in [1.807, 2.05) is 53.4 Å². The summed E-state index contributed by atoms with van der Waals surface area (Å²) in [5.74, 6) is 0.831. The van der Waals surface area contributed by atoms with Gasteiger partial charge in [0.05, 0.1) is 28.9 Å². The van der Waals surface area contributed by atoms with E-state index in [1.165, 1.54) is 5.56 Å². The van der Waals surface area contributed by atoms with Gasteiger partial charge in [-0.05, 0) is 74.3 Å². The Bertz CT molecular complexity index is 1320. The highest BCUT2D eigenvalue weighted by Crippen LogP contribution is 2.37. The highest BCUT2D eigenvalue weighted by Gasteiger charge is 2.47. The normalized spacial score (nSPS) is 24.5. The Morgan fingerprint density at radius 2 is 1.67 bits per heavy atom. The summed E-state index contributed by atoms with van der Waals surface area (Å²) in [5.41, 5.74) is 2.46. The molecule has 8 nitrogen and oxygen atoms in total. The summed E-state index contributed by atoms with van der Waals surface area (Å²) in [4.78, 5) is 32.6. The number of rotatable bonds is 7. The SMILES string of the molecule is N#Cc1ccc(CN2CCC3(CC2)CN(CC2CCC(C(=O)N4CCC(Nc5ccccc5Cl)CC4)CC2)C(=O)O3)cc1. The van der Waals surface area contributed by atoms with Gasteiger partial charge in [0.25, 0.3) is 0 Å². The van der Waals surface area contributed by atoms with E-state index in [0.717, 1.165) is 101 Å². The van der Waals surface area contributed by atoms with Gasteiger partial charge in [0.1, 0.15) is 5.60 Å². The molecule has 1 N–H and O–H groups in total. The lowest BCUT2D eigenvalue weighted by atomic mass is 9.80. The number of nitriles is 1. The van der Waals surface area contributed by atoms with Gasteiger partial charge in [-0.1, -0.05) is 35.9 Å². The van der Waals surface area contributed by atoms with Gasteiger partial charge < -0.3 is 19.9 Å². The molecule has 1 saturated carbocycles. The molecule has 0 bridgehead atoms. The van der Waals surface area contributed by atoms with E-state index < -0.39 is 0 Å². The molecule has 6 rings (SSSR count). The molecule has 228 valence electrons. The minimum Gasteiger partial charge on any atom is -0.441 e. The molecule has 0 aromatic heterocycles. The van der Waals surface area contributed by atoms with Crippen molar-refractivity contribution in [1.29, 1.82) is 5.26 Å². The lowest BCUT2D eigenvalue weighted by Crippen LogP contribution is -2.47. The minimum absolute atomic E-state index is 0.0987. The van der Waals surface area contributed by atoms with Crippen molar-refractivity contribution in [3.05, 3.63) is 64.7 Å². The van der Waals surface area contributed by atoms with E-state index in [2.05, 4.69) is 21.2 Å². The lowest BCUT2D eigenvalue weighted by Gasteiger charge is -2.38. The van der Waals surface area contributed by atoms with E-state index in [9.17, 15) is 9.59 Å². The van der Waals surface area contributed by atoms with E-state index in [-0.39, 0.29) is 17.6 Å². The molecule has 0 radical (unpaired) electrons. The van der Waals surface area contributed by atoms with Crippen molar-refractivity contribution in [2.45, 2.75) is 69.6 Å². The molecule has 0 atom stereocenters. The number of halogens is 1. The quantitative estimate of drug-likeness (QED) is 0.423. The molecule has 3 heterocycles. The van der Waals surface area contributed by atoms with Gasteiger partial charge in [0, 0.05) is 64.1 Å². The second kappa shape index (κ2) is 13.2. The fourth-order valence-electron chi connectivity index (χ4n) is 7.36. The van der Waals surface area contributed by atoms with E-state index in [0.29, 0.717) is 30.0 Å². The van der Waals surface area contributed by atoms with Crippen LogP contribution in [0.3, 0.4) is 0 Å². The van der Waals surface area contributed by atoms with Crippen molar-refractivity contribution in [1.82, 2.24) is 14.7 Å². The predicted octanol–water partition coefficient (Wildman–Crippen LogP) is 5.91. The second-order valence-electron chi connectivity index (χ2n) is 13.0. The highest BCUT2D eigenvalue weighted by molar-refractivity contribution is 6.33. The van der Waals surface area contributed by atoms with E-state index in [4.69, 9.17) is 21.6 Å². The van der Waals surface area contributed by atoms with Crippen molar-refractivity contribution < 1.29 is 14.3 Å².